The van der Waals surface area contributed by atoms with Crippen LogP contribution in [-0.2, 0) is 0 Å². The van der Waals surface area contributed by atoms with E-state index in [-0.39, 0.29) is 5.91 Å². The minimum Gasteiger partial charge on any atom is -0.339 e. The monoisotopic (exact) mass is 518 g/mol. The Labute approximate surface area is 229 Å². The van der Waals surface area contributed by atoms with Crippen LogP contribution in [0.25, 0.3) is 28.0 Å². The highest BCUT2D eigenvalue weighted by Crippen LogP contribution is 2.27. The molecule has 7 nitrogen and oxygen atoms in total. The molecule has 198 valence electrons. The number of fused-ring (bicyclic) bond motifs is 1. The van der Waals surface area contributed by atoms with Gasteiger partial charge in [-0.2, -0.15) is 5.26 Å². The van der Waals surface area contributed by atoms with Gasteiger partial charge in [0.25, 0.3) is 5.91 Å². The van der Waals surface area contributed by atoms with Gasteiger partial charge in [-0.15, -0.1) is 0 Å². The molecular formula is C32H34N6O. The Balaban J connectivity index is 1.16. The van der Waals surface area contributed by atoms with E-state index in [0.29, 0.717) is 11.6 Å². The molecule has 0 bridgehead atoms. The third-order valence-electron chi connectivity index (χ3n) is 8.42. The lowest BCUT2D eigenvalue weighted by Crippen LogP contribution is -2.52. The molecule has 0 N–H and O–H groups in total. The number of amides is 1. The number of piperidine rings is 1. The number of hydrogen-bond donors (Lipinski definition) is 0. The first-order valence-electron chi connectivity index (χ1n) is 13.8. The summed E-state index contributed by atoms with van der Waals surface area (Å²) in [4.78, 5) is 24.9. The summed E-state index contributed by atoms with van der Waals surface area (Å²) in [6, 6.07) is 20.7. The Kier molecular flexibility index (Phi) is 6.90. The van der Waals surface area contributed by atoms with Gasteiger partial charge in [0.2, 0.25) is 0 Å². The van der Waals surface area contributed by atoms with Crippen molar-refractivity contribution in [3.05, 3.63) is 83.7 Å². The molecule has 2 aromatic carbocycles. The fraction of sp³-hybridized carbons (Fsp3) is 0.344. The fourth-order valence-electron chi connectivity index (χ4n) is 5.92. The molecular weight excluding hydrogens is 484 g/mol. The zero-order chi connectivity index (χ0) is 26.9. The lowest BCUT2D eigenvalue weighted by Gasteiger charge is -2.42. The van der Waals surface area contributed by atoms with Crippen molar-refractivity contribution in [2.24, 2.45) is 0 Å². The summed E-state index contributed by atoms with van der Waals surface area (Å²) in [5.74, 6) is 0.127. The van der Waals surface area contributed by atoms with Gasteiger partial charge < -0.3 is 9.80 Å². The molecule has 0 atom stereocenters. The van der Waals surface area contributed by atoms with Crippen molar-refractivity contribution in [3.63, 3.8) is 0 Å². The molecule has 2 fully saturated rings. The van der Waals surface area contributed by atoms with Crippen LogP contribution in [0.2, 0.25) is 0 Å². The number of likely N-dealkylation sites (tertiary alicyclic amines) is 1. The van der Waals surface area contributed by atoms with Gasteiger partial charge in [-0.05, 0) is 79.9 Å². The number of hydrogen-bond acceptors (Lipinski definition) is 5. The van der Waals surface area contributed by atoms with Gasteiger partial charge in [-0.25, -0.2) is 4.98 Å². The second-order valence-corrected chi connectivity index (χ2v) is 10.9. The minimum atomic E-state index is 0.127. The number of imidazole rings is 1. The molecule has 0 radical (unpaired) electrons. The molecule has 1 amide bonds. The Morgan fingerprint density at radius 3 is 2.28 bits per heavy atom. The predicted molar refractivity (Wildman–Crippen MR) is 154 cm³/mol. The Morgan fingerprint density at radius 1 is 0.897 bits per heavy atom. The van der Waals surface area contributed by atoms with Crippen LogP contribution >= 0.6 is 0 Å². The quantitative estimate of drug-likeness (QED) is 0.392. The van der Waals surface area contributed by atoms with Gasteiger partial charge in [-0.3, -0.25) is 14.1 Å². The van der Waals surface area contributed by atoms with Crippen LogP contribution in [0.5, 0.6) is 0 Å². The second-order valence-electron chi connectivity index (χ2n) is 10.9. The van der Waals surface area contributed by atoms with E-state index in [1.165, 1.54) is 0 Å². The van der Waals surface area contributed by atoms with Crippen LogP contribution in [0.15, 0.2) is 67.0 Å². The molecule has 0 unspecified atom stereocenters. The molecule has 4 heterocycles. The van der Waals surface area contributed by atoms with Gasteiger partial charge in [0, 0.05) is 62.6 Å². The van der Waals surface area contributed by atoms with Crippen molar-refractivity contribution >= 4 is 11.6 Å². The fourth-order valence-corrected chi connectivity index (χ4v) is 5.92. The maximum Gasteiger partial charge on any atom is 0.253 e. The number of piperazine rings is 1. The molecule has 2 aromatic heterocycles. The topological polar surface area (TPSA) is 67.9 Å². The molecule has 7 heteroatoms. The van der Waals surface area contributed by atoms with Crippen LogP contribution in [0.1, 0.15) is 34.3 Å². The molecule has 0 aliphatic carbocycles. The minimum absolute atomic E-state index is 0.127. The lowest BCUT2D eigenvalue weighted by atomic mass is 10.0. The summed E-state index contributed by atoms with van der Waals surface area (Å²) < 4.78 is 2.08. The van der Waals surface area contributed by atoms with Crippen molar-refractivity contribution in [3.8, 4) is 28.5 Å². The van der Waals surface area contributed by atoms with E-state index in [2.05, 4.69) is 44.6 Å². The van der Waals surface area contributed by atoms with Crippen molar-refractivity contribution in [2.45, 2.75) is 25.8 Å². The number of nitriles is 1. The zero-order valence-electron chi connectivity index (χ0n) is 22.7. The van der Waals surface area contributed by atoms with Crippen molar-refractivity contribution in [2.75, 3.05) is 46.3 Å². The smallest absolute Gasteiger partial charge is 0.253 e. The lowest BCUT2D eigenvalue weighted by molar-refractivity contribution is 0.0519. The highest BCUT2D eigenvalue weighted by molar-refractivity contribution is 5.94. The molecule has 4 aromatic rings. The van der Waals surface area contributed by atoms with E-state index >= 15 is 0 Å². The van der Waals surface area contributed by atoms with Crippen LogP contribution in [-0.4, -0.2) is 82.3 Å². The average molecular weight is 519 g/mol. The first-order chi connectivity index (χ1) is 19.0. The van der Waals surface area contributed by atoms with E-state index in [0.717, 1.165) is 91.3 Å². The predicted octanol–water partition coefficient (Wildman–Crippen LogP) is 4.70. The SMILES string of the molecule is Cc1cc(-c2cnc3ccc(-c4ccc(C(=O)N5CCC(N6CCN(C)CC6)CC5)cc4)cn23)ccc1C#N. The van der Waals surface area contributed by atoms with Crippen molar-refractivity contribution < 1.29 is 4.79 Å². The number of benzene rings is 2. The number of aromatic nitrogens is 2. The number of nitrogens with zero attached hydrogens (tertiary/aromatic N) is 6. The Bertz CT molecular complexity index is 1530. The van der Waals surface area contributed by atoms with Crippen LogP contribution in [0.3, 0.4) is 0 Å². The summed E-state index contributed by atoms with van der Waals surface area (Å²) in [6.07, 6.45) is 6.07. The van der Waals surface area contributed by atoms with Gasteiger partial charge in [0.15, 0.2) is 0 Å². The zero-order valence-corrected chi connectivity index (χ0v) is 22.7. The molecule has 39 heavy (non-hydrogen) atoms. The van der Waals surface area contributed by atoms with Gasteiger partial charge in [0.05, 0.1) is 23.5 Å². The Hall–Kier alpha value is -3.99. The van der Waals surface area contributed by atoms with E-state index in [4.69, 9.17) is 0 Å². The maximum absolute atomic E-state index is 13.3. The molecule has 6 rings (SSSR count). The summed E-state index contributed by atoms with van der Waals surface area (Å²) in [5, 5.41) is 9.27. The number of carbonyl (C=O) groups excluding carboxylic acids is 1. The Morgan fingerprint density at radius 2 is 1.59 bits per heavy atom. The highest BCUT2D eigenvalue weighted by atomic mass is 16.2. The molecule has 2 aliphatic rings. The third-order valence-corrected chi connectivity index (χ3v) is 8.42. The average Bonchev–Trinajstić information content (AvgIpc) is 3.41. The van der Waals surface area contributed by atoms with Crippen LogP contribution < -0.4 is 0 Å². The number of aryl methyl sites for hydroxylation is 1. The van der Waals surface area contributed by atoms with Crippen molar-refractivity contribution in [1.29, 1.82) is 5.26 Å². The first kappa shape index (κ1) is 25.3. The van der Waals surface area contributed by atoms with Crippen LogP contribution in [0.4, 0.5) is 0 Å². The van der Waals surface area contributed by atoms with Crippen molar-refractivity contribution in [1.82, 2.24) is 24.1 Å². The summed E-state index contributed by atoms with van der Waals surface area (Å²) in [6.45, 7) is 8.14. The summed E-state index contributed by atoms with van der Waals surface area (Å²) >= 11 is 0. The summed E-state index contributed by atoms with van der Waals surface area (Å²) in [7, 11) is 2.19. The number of pyridine rings is 1. The number of likely N-dealkylation sites (N-methyl/N-ethyl adjacent to an activating group) is 1. The normalized spacial score (nSPS) is 17.4. The number of rotatable bonds is 4. The first-order valence-corrected chi connectivity index (χ1v) is 13.8. The maximum atomic E-state index is 13.3. The van der Waals surface area contributed by atoms with Gasteiger partial charge >= 0.3 is 0 Å². The van der Waals surface area contributed by atoms with E-state index < -0.39 is 0 Å². The standard InChI is InChI=1S/C32H34N6O/c1-23-19-26(7-8-27(23)20-33)30-21-34-31-10-9-28(22-38(30)31)24-3-5-25(6-4-24)32(39)37-13-11-29(12-14-37)36-17-15-35(2)16-18-36/h3-10,19,21-22,29H,11-18H2,1-2H3. The van der Waals surface area contributed by atoms with Gasteiger partial charge in [0.1, 0.15) is 5.65 Å². The molecule has 0 saturated carbocycles. The second kappa shape index (κ2) is 10.6. The summed E-state index contributed by atoms with van der Waals surface area (Å²) in [5.41, 5.74) is 7.35. The van der Waals surface area contributed by atoms with E-state index in [9.17, 15) is 10.1 Å². The molecule has 2 aliphatic heterocycles. The molecule has 0 spiro atoms. The third kappa shape index (κ3) is 5.06. The highest BCUT2D eigenvalue weighted by Gasteiger charge is 2.28. The van der Waals surface area contributed by atoms with Gasteiger partial charge in [-0.1, -0.05) is 18.2 Å². The number of carbonyl (C=O) groups is 1. The van der Waals surface area contributed by atoms with E-state index in [1.54, 1.807) is 0 Å². The largest absolute Gasteiger partial charge is 0.339 e. The van der Waals surface area contributed by atoms with Crippen LogP contribution in [0, 0.1) is 18.3 Å². The molecule has 2 saturated heterocycles. The van der Waals surface area contributed by atoms with E-state index in [1.807, 2.05) is 66.6 Å².